The van der Waals surface area contributed by atoms with Crippen LogP contribution in [0.15, 0.2) is 6.07 Å². The average Bonchev–Trinajstić information content (AvgIpc) is 2.80. The van der Waals surface area contributed by atoms with Crippen molar-refractivity contribution < 1.29 is 9.90 Å². The van der Waals surface area contributed by atoms with Gasteiger partial charge in [-0.2, -0.15) is 5.10 Å². The number of hydrogen-bond acceptors (Lipinski definition) is 4. The van der Waals surface area contributed by atoms with E-state index in [-0.39, 0.29) is 5.56 Å². The van der Waals surface area contributed by atoms with E-state index >= 15 is 0 Å². The van der Waals surface area contributed by atoms with Crippen molar-refractivity contribution in [2.75, 3.05) is 11.9 Å². The van der Waals surface area contributed by atoms with E-state index in [1.807, 2.05) is 0 Å². The first kappa shape index (κ1) is 12.0. The van der Waals surface area contributed by atoms with Crippen molar-refractivity contribution in [2.45, 2.75) is 25.7 Å². The highest BCUT2D eigenvalue weighted by molar-refractivity contribution is 7.71. The second-order valence-electron chi connectivity index (χ2n) is 4.33. The number of carboxylic acid groups (broad SMARTS) is 1. The number of nitrogens with one attached hydrogen (secondary N) is 2. The third-order valence-electron chi connectivity index (χ3n) is 3.07. The van der Waals surface area contributed by atoms with Gasteiger partial charge in [0.2, 0.25) is 0 Å². The first-order valence-electron chi connectivity index (χ1n) is 5.73. The smallest absolute Gasteiger partial charge is 0.339 e. The summed E-state index contributed by atoms with van der Waals surface area (Å²) in [4.78, 5) is 11.0. The summed E-state index contributed by atoms with van der Waals surface area (Å²) in [5.41, 5.74) is 0.131. The van der Waals surface area contributed by atoms with Crippen LogP contribution in [0.1, 0.15) is 36.0 Å². The minimum absolute atomic E-state index is 0.131. The molecule has 17 heavy (non-hydrogen) atoms. The minimum Gasteiger partial charge on any atom is -0.478 e. The maximum Gasteiger partial charge on any atom is 0.339 e. The third kappa shape index (κ3) is 3.03. The standard InChI is InChI=1S/C11H15N3O2S/c15-11(16)8-5-9(17)13-14-10(8)12-6-7-3-1-2-4-7/h5,7H,1-4,6H2,(H,12,14)(H,13,17)(H,15,16). The molecule has 0 atom stereocenters. The van der Waals surface area contributed by atoms with Crippen molar-refractivity contribution in [1.82, 2.24) is 10.2 Å². The van der Waals surface area contributed by atoms with E-state index in [0.29, 0.717) is 16.4 Å². The fourth-order valence-electron chi connectivity index (χ4n) is 2.16. The number of hydrogen-bond donors (Lipinski definition) is 3. The van der Waals surface area contributed by atoms with E-state index in [2.05, 4.69) is 15.5 Å². The van der Waals surface area contributed by atoms with Crippen LogP contribution in [0.2, 0.25) is 0 Å². The van der Waals surface area contributed by atoms with Crippen LogP contribution in [0, 0.1) is 10.6 Å². The fourth-order valence-corrected chi connectivity index (χ4v) is 2.32. The molecule has 1 aliphatic carbocycles. The molecule has 0 bridgehead atoms. The molecule has 0 radical (unpaired) electrons. The molecule has 1 saturated carbocycles. The first-order chi connectivity index (χ1) is 8.16. The zero-order chi connectivity index (χ0) is 12.3. The maximum absolute atomic E-state index is 11.0. The van der Waals surface area contributed by atoms with Crippen molar-refractivity contribution in [1.29, 1.82) is 0 Å². The molecule has 0 aromatic carbocycles. The molecule has 2 rings (SSSR count). The molecule has 1 heterocycles. The molecule has 1 aliphatic rings. The summed E-state index contributed by atoms with van der Waals surface area (Å²) in [5, 5.41) is 18.7. The number of aromatic nitrogens is 2. The van der Waals surface area contributed by atoms with Crippen LogP contribution < -0.4 is 5.32 Å². The van der Waals surface area contributed by atoms with Crippen molar-refractivity contribution in [3.05, 3.63) is 16.3 Å². The summed E-state index contributed by atoms with van der Waals surface area (Å²) in [6.07, 6.45) is 4.95. The molecular formula is C11H15N3O2S. The zero-order valence-corrected chi connectivity index (χ0v) is 10.2. The zero-order valence-electron chi connectivity index (χ0n) is 9.40. The Kier molecular flexibility index (Phi) is 3.73. The van der Waals surface area contributed by atoms with Crippen LogP contribution in [0.3, 0.4) is 0 Å². The van der Waals surface area contributed by atoms with Crippen LogP contribution in [0.4, 0.5) is 5.82 Å². The topological polar surface area (TPSA) is 78.0 Å². The van der Waals surface area contributed by atoms with Gasteiger partial charge in [-0.25, -0.2) is 4.79 Å². The lowest BCUT2D eigenvalue weighted by molar-refractivity contribution is 0.0697. The predicted octanol–water partition coefficient (Wildman–Crippen LogP) is 2.44. The Morgan fingerprint density at radius 3 is 2.94 bits per heavy atom. The van der Waals surface area contributed by atoms with Crippen LogP contribution in [-0.4, -0.2) is 27.8 Å². The Labute approximate surface area is 104 Å². The largest absolute Gasteiger partial charge is 0.478 e. The van der Waals surface area contributed by atoms with Crippen molar-refractivity contribution in [2.24, 2.45) is 5.92 Å². The highest BCUT2D eigenvalue weighted by Gasteiger charge is 2.17. The second kappa shape index (κ2) is 5.27. The number of H-pyrrole nitrogens is 1. The van der Waals surface area contributed by atoms with Gasteiger partial charge in [0.1, 0.15) is 10.2 Å². The van der Waals surface area contributed by atoms with Crippen LogP contribution in [-0.2, 0) is 0 Å². The molecule has 6 heteroatoms. The Morgan fingerprint density at radius 1 is 1.59 bits per heavy atom. The lowest BCUT2D eigenvalue weighted by Gasteiger charge is -2.12. The predicted molar refractivity (Wildman–Crippen MR) is 66.8 cm³/mol. The molecule has 1 fully saturated rings. The fraction of sp³-hybridized carbons (Fsp3) is 0.545. The number of anilines is 1. The molecule has 0 saturated heterocycles. The van der Waals surface area contributed by atoms with E-state index < -0.39 is 5.97 Å². The van der Waals surface area contributed by atoms with Gasteiger partial charge in [-0.05, 0) is 24.8 Å². The first-order valence-corrected chi connectivity index (χ1v) is 6.14. The molecule has 0 amide bonds. The summed E-state index contributed by atoms with van der Waals surface area (Å²) < 4.78 is 0.328. The molecule has 3 N–H and O–H groups in total. The molecule has 0 spiro atoms. The lowest BCUT2D eigenvalue weighted by Crippen LogP contribution is -2.15. The molecular weight excluding hydrogens is 238 g/mol. The van der Waals surface area contributed by atoms with Crippen molar-refractivity contribution in [3.63, 3.8) is 0 Å². The lowest BCUT2D eigenvalue weighted by atomic mass is 10.1. The normalized spacial score (nSPS) is 16.0. The van der Waals surface area contributed by atoms with Gasteiger partial charge in [0.05, 0.1) is 0 Å². The Bertz CT molecular complexity index is 466. The van der Waals surface area contributed by atoms with Gasteiger partial charge in [-0.15, -0.1) is 0 Å². The highest BCUT2D eigenvalue weighted by Crippen LogP contribution is 2.25. The SMILES string of the molecule is O=C(O)c1cc(=S)[nH]nc1NCC1CCCC1. The Balaban J connectivity index is 2.08. The van der Waals surface area contributed by atoms with E-state index in [0.717, 1.165) is 6.54 Å². The number of carboxylic acids is 1. The Morgan fingerprint density at radius 2 is 2.29 bits per heavy atom. The van der Waals surface area contributed by atoms with E-state index in [1.54, 1.807) is 0 Å². The van der Waals surface area contributed by atoms with Gasteiger partial charge in [0.15, 0.2) is 5.82 Å². The van der Waals surface area contributed by atoms with Gasteiger partial charge >= 0.3 is 5.97 Å². The number of aromatic carboxylic acids is 1. The number of nitrogens with zero attached hydrogens (tertiary/aromatic N) is 1. The summed E-state index contributed by atoms with van der Waals surface area (Å²) in [5.74, 6) is -0.00820. The number of aromatic amines is 1. The maximum atomic E-state index is 11.0. The quantitative estimate of drug-likeness (QED) is 0.718. The molecule has 92 valence electrons. The van der Waals surface area contributed by atoms with Gasteiger partial charge < -0.3 is 10.4 Å². The monoisotopic (exact) mass is 253 g/mol. The second-order valence-corrected chi connectivity index (χ2v) is 4.77. The Hall–Kier alpha value is -1.43. The summed E-state index contributed by atoms with van der Waals surface area (Å²) in [7, 11) is 0. The average molecular weight is 253 g/mol. The van der Waals surface area contributed by atoms with E-state index in [4.69, 9.17) is 17.3 Å². The van der Waals surface area contributed by atoms with Crippen LogP contribution in [0.5, 0.6) is 0 Å². The van der Waals surface area contributed by atoms with Crippen LogP contribution in [0.25, 0.3) is 0 Å². The molecule has 0 aliphatic heterocycles. The molecule has 5 nitrogen and oxygen atoms in total. The summed E-state index contributed by atoms with van der Waals surface area (Å²) in [6.45, 7) is 0.776. The van der Waals surface area contributed by atoms with Gasteiger partial charge in [0, 0.05) is 6.54 Å². The number of rotatable bonds is 4. The van der Waals surface area contributed by atoms with Crippen LogP contribution >= 0.6 is 12.2 Å². The highest BCUT2D eigenvalue weighted by atomic mass is 32.1. The summed E-state index contributed by atoms with van der Waals surface area (Å²) in [6, 6.07) is 1.42. The van der Waals surface area contributed by atoms with E-state index in [1.165, 1.54) is 31.7 Å². The van der Waals surface area contributed by atoms with E-state index in [9.17, 15) is 4.79 Å². The molecule has 1 aromatic rings. The van der Waals surface area contributed by atoms with Gasteiger partial charge in [0.25, 0.3) is 0 Å². The summed E-state index contributed by atoms with van der Waals surface area (Å²) >= 11 is 4.86. The third-order valence-corrected chi connectivity index (χ3v) is 3.28. The van der Waals surface area contributed by atoms with Crippen molar-refractivity contribution in [3.8, 4) is 0 Å². The molecule has 1 aromatic heterocycles. The minimum atomic E-state index is -1.01. The molecule has 0 unspecified atom stereocenters. The van der Waals surface area contributed by atoms with Crippen molar-refractivity contribution >= 4 is 24.0 Å². The van der Waals surface area contributed by atoms with Gasteiger partial charge in [-0.3, -0.25) is 5.10 Å². The van der Waals surface area contributed by atoms with Gasteiger partial charge in [-0.1, -0.05) is 25.1 Å². The number of carbonyl (C=O) groups is 1.